The van der Waals surface area contributed by atoms with Gasteiger partial charge in [0.2, 0.25) is 6.10 Å². The minimum absolute atomic E-state index is 0.0821. The van der Waals surface area contributed by atoms with Crippen LogP contribution in [-0.2, 0) is 19.1 Å². The maximum atomic E-state index is 12.0. The van der Waals surface area contributed by atoms with Crippen molar-refractivity contribution >= 4 is 11.9 Å². The third kappa shape index (κ3) is 16.0. The highest BCUT2D eigenvalue weighted by Gasteiger charge is 2.27. The second kappa shape index (κ2) is 18.4. The zero-order valence-electron chi connectivity index (χ0n) is 19.5. The lowest BCUT2D eigenvalue weighted by Gasteiger charge is -2.19. The summed E-state index contributed by atoms with van der Waals surface area (Å²) in [5, 5.41) is 0. The van der Waals surface area contributed by atoms with E-state index >= 15 is 0 Å². The van der Waals surface area contributed by atoms with E-state index in [1.807, 2.05) is 13.8 Å². The summed E-state index contributed by atoms with van der Waals surface area (Å²) in [6.45, 7) is 10.2. The van der Waals surface area contributed by atoms with Crippen LogP contribution in [0.2, 0.25) is 0 Å². The fourth-order valence-corrected chi connectivity index (χ4v) is 3.10. The van der Waals surface area contributed by atoms with Crippen LogP contribution in [0.4, 0.5) is 0 Å². The van der Waals surface area contributed by atoms with Crippen molar-refractivity contribution in [3.05, 3.63) is 24.3 Å². The fraction of sp³-hybridized carbons (Fsp3) is 0.760. The summed E-state index contributed by atoms with van der Waals surface area (Å²) in [5.74, 6) is -0.149. The number of hydrogen-bond acceptors (Lipinski definition) is 4. The Bertz CT molecular complexity index is 479. The Morgan fingerprint density at radius 1 is 0.897 bits per heavy atom. The molecule has 0 bridgehead atoms. The Morgan fingerprint density at radius 3 is 2.24 bits per heavy atom. The molecule has 0 rings (SSSR count). The zero-order chi connectivity index (χ0) is 21.9. The molecule has 0 radical (unpaired) electrons. The van der Waals surface area contributed by atoms with Gasteiger partial charge >= 0.3 is 11.9 Å². The Morgan fingerprint density at radius 2 is 1.59 bits per heavy atom. The normalized spacial score (nSPS) is 13.9. The first-order valence-electron chi connectivity index (χ1n) is 11.6. The smallest absolute Gasteiger partial charge is 0.347 e. The van der Waals surface area contributed by atoms with Gasteiger partial charge in [-0.1, -0.05) is 77.7 Å². The standard InChI is InChI=1S/C25H44O4/c1-6-18-22(5)19-16-14-12-10-8-9-11-13-15-17-20-23(26)29-24(21(3)4)25(27)28-7-2/h10,12,16,19,21-22,24H,6-9,11,13-15,17-18,20H2,1-5H3/b12-10+,19-16-. The quantitative estimate of drug-likeness (QED) is 0.151. The summed E-state index contributed by atoms with van der Waals surface area (Å²) >= 11 is 0. The minimum Gasteiger partial charge on any atom is -0.463 e. The summed E-state index contributed by atoms with van der Waals surface area (Å²) < 4.78 is 10.3. The molecule has 0 spiro atoms. The number of allylic oxidation sites excluding steroid dienone is 4. The van der Waals surface area contributed by atoms with E-state index in [1.54, 1.807) is 6.92 Å². The number of esters is 2. The maximum absolute atomic E-state index is 12.0. The number of hydrogen-bond donors (Lipinski definition) is 0. The molecule has 29 heavy (non-hydrogen) atoms. The molecule has 0 aromatic heterocycles. The molecule has 0 aliphatic carbocycles. The molecule has 0 amide bonds. The largest absolute Gasteiger partial charge is 0.463 e. The van der Waals surface area contributed by atoms with Gasteiger partial charge in [-0.05, 0) is 44.9 Å². The molecule has 0 aliphatic heterocycles. The van der Waals surface area contributed by atoms with E-state index in [0.29, 0.717) is 18.9 Å². The van der Waals surface area contributed by atoms with Gasteiger partial charge in [0.05, 0.1) is 6.61 Å². The molecule has 0 aliphatic rings. The number of carbonyl (C=O) groups is 2. The van der Waals surface area contributed by atoms with Crippen molar-refractivity contribution in [2.75, 3.05) is 6.61 Å². The van der Waals surface area contributed by atoms with Crippen molar-refractivity contribution < 1.29 is 19.1 Å². The predicted molar refractivity (Wildman–Crippen MR) is 121 cm³/mol. The molecule has 4 nitrogen and oxygen atoms in total. The van der Waals surface area contributed by atoms with Crippen molar-refractivity contribution in [1.29, 1.82) is 0 Å². The molecular formula is C25H44O4. The first-order valence-corrected chi connectivity index (χ1v) is 11.6. The van der Waals surface area contributed by atoms with Gasteiger partial charge in [-0.15, -0.1) is 0 Å². The van der Waals surface area contributed by atoms with Crippen molar-refractivity contribution in [1.82, 2.24) is 0 Å². The molecule has 0 heterocycles. The molecule has 2 atom stereocenters. The van der Waals surface area contributed by atoms with E-state index in [0.717, 1.165) is 32.1 Å². The molecular weight excluding hydrogens is 364 g/mol. The highest BCUT2D eigenvalue weighted by Crippen LogP contribution is 2.13. The van der Waals surface area contributed by atoms with E-state index in [9.17, 15) is 9.59 Å². The molecule has 0 aromatic rings. The SMILES string of the molecule is CCCC(C)/C=C\C/C=C/CCCCCCCC(=O)OC(C(=O)OCC)C(C)C. The van der Waals surface area contributed by atoms with Gasteiger partial charge in [0, 0.05) is 12.3 Å². The summed E-state index contributed by atoms with van der Waals surface area (Å²) in [6.07, 6.45) is 18.7. The van der Waals surface area contributed by atoms with Crippen molar-refractivity contribution in [2.24, 2.45) is 11.8 Å². The van der Waals surface area contributed by atoms with E-state index in [2.05, 4.69) is 38.2 Å². The molecule has 0 fully saturated rings. The molecule has 0 saturated carbocycles. The second-order valence-corrected chi connectivity index (χ2v) is 8.11. The first-order chi connectivity index (χ1) is 13.9. The number of ether oxygens (including phenoxy) is 2. The summed E-state index contributed by atoms with van der Waals surface area (Å²) in [5.41, 5.74) is 0. The Hall–Kier alpha value is -1.58. The summed E-state index contributed by atoms with van der Waals surface area (Å²) in [6, 6.07) is 0. The first kappa shape index (κ1) is 27.4. The topological polar surface area (TPSA) is 52.6 Å². The van der Waals surface area contributed by atoms with E-state index < -0.39 is 12.1 Å². The lowest BCUT2D eigenvalue weighted by Crippen LogP contribution is -2.33. The van der Waals surface area contributed by atoms with Crippen molar-refractivity contribution in [2.45, 2.75) is 105 Å². The third-order valence-electron chi connectivity index (χ3n) is 4.78. The van der Waals surface area contributed by atoms with Crippen LogP contribution in [0.3, 0.4) is 0 Å². The lowest BCUT2D eigenvalue weighted by molar-refractivity contribution is -0.170. The van der Waals surface area contributed by atoms with E-state index in [1.165, 1.54) is 25.7 Å². The monoisotopic (exact) mass is 408 g/mol. The Kier molecular flexibility index (Phi) is 17.4. The van der Waals surface area contributed by atoms with Gasteiger partial charge in [-0.25, -0.2) is 4.79 Å². The fourth-order valence-electron chi connectivity index (χ4n) is 3.10. The number of carbonyl (C=O) groups excluding carboxylic acids is 2. The van der Waals surface area contributed by atoms with E-state index in [4.69, 9.17) is 9.47 Å². The molecule has 0 saturated heterocycles. The highest BCUT2D eigenvalue weighted by atomic mass is 16.6. The van der Waals surface area contributed by atoms with Gasteiger partial charge in [0.1, 0.15) is 0 Å². The van der Waals surface area contributed by atoms with Gasteiger partial charge in [-0.3, -0.25) is 4.79 Å². The van der Waals surface area contributed by atoms with Crippen LogP contribution in [0.15, 0.2) is 24.3 Å². The van der Waals surface area contributed by atoms with E-state index in [-0.39, 0.29) is 11.9 Å². The Labute approximate surface area is 179 Å². The zero-order valence-corrected chi connectivity index (χ0v) is 19.5. The molecule has 0 aromatic carbocycles. The summed E-state index contributed by atoms with van der Waals surface area (Å²) in [7, 11) is 0. The third-order valence-corrected chi connectivity index (χ3v) is 4.78. The van der Waals surface area contributed by atoms with Crippen LogP contribution in [0, 0.1) is 11.8 Å². The van der Waals surface area contributed by atoms with Crippen LogP contribution in [0.25, 0.3) is 0 Å². The highest BCUT2D eigenvalue weighted by molar-refractivity contribution is 5.79. The predicted octanol–water partition coefficient (Wildman–Crippen LogP) is 6.79. The van der Waals surface area contributed by atoms with Crippen molar-refractivity contribution in [3.63, 3.8) is 0 Å². The van der Waals surface area contributed by atoms with Crippen molar-refractivity contribution in [3.8, 4) is 0 Å². The summed E-state index contributed by atoms with van der Waals surface area (Å²) in [4.78, 5) is 23.8. The number of rotatable bonds is 17. The van der Waals surface area contributed by atoms with Gasteiger partial charge in [0.15, 0.2) is 0 Å². The number of unbranched alkanes of at least 4 members (excludes halogenated alkanes) is 5. The van der Waals surface area contributed by atoms with Crippen LogP contribution in [-0.4, -0.2) is 24.6 Å². The van der Waals surface area contributed by atoms with Gasteiger partial charge in [-0.2, -0.15) is 0 Å². The molecule has 168 valence electrons. The van der Waals surface area contributed by atoms with Gasteiger partial charge in [0.25, 0.3) is 0 Å². The lowest BCUT2D eigenvalue weighted by atomic mass is 10.1. The van der Waals surface area contributed by atoms with Crippen LogP contribution in [0.1, 0.15) is 98.8 Å². The minimum atomic E-state index is -0.793. The van der Waals surface area contributed by atoms with Crippen LogP contribution >= 0.6 is 0 Å². The van der Waals surface area contributed by atoms with Crippen LogP contribution in [0.5, 0.6) is 0 Å². The maximum Gasteiger partial charge on any atom is 0.347 e. The molecule has 0 N–H and O–H groups in total. The molecule has 2 unspecified atom stereocenters. The average molecular weight is 409 g/mol. The Balaban J connectivity index is 3.72. The van der Waals surface area contributed by atoms with Crippen LogP contribution < -0.4 is 0 Å². The second-order valence-electron chi connectivity index (χ2n) is 8.11. The average Bonchev–Trinajstić information content (AvgIpc) is 2.67. The van der Waals surface area contributed by atoms with Gasteiger partial charge < -0.3 is 9.47 Å². The molecule has 4 heteroatoms.